The van der Waals surface area contributed by atoms with Crippen molar-refractivity contribution in [1.82, 2.24) is 10.2 Å². The maximum Gasteiger partial charge on any atom is 0.266 e. The van der Waals surface area contributed by atoms with Crippen LogP contribution in [0.15, 0.2) is 17.0 Å². The van der Waals surface area contributed by atoms with Gasteiger partial charge in [0.15, 0.2) is 11.6 Å². The van der Waals surface area contributed by atoms with E-state index in [4.69, 9.17) is 5.73 Å². The normalized spacial score (nSPS) is 11.6. The predicted molar refractivity (Wildman–Crippen MR) is 74.3 cm³/mol. The molecule has 6 nitrogen and oxygen atoms in total. The quantitative estimate of drug-likeness (QED) is 0.866. The van der Waals surface area contributed by atoms with Crippen LogP contribution in [0.2, 0.25) is 0 Å². The molecule has 1 heterocycles. The molecule has 0 aliphatic rings. The Morgan fingerprint density at radius 2 is 2.05 bits per heavy atom. The summed E-state index contributed by atoms with van der Waals surface area (Å²) in [5.74, 6) is -2.73. The maximum atomic E-state index is 13.7. The molecule has 3 N–H and O–H groups in total. The Hall–Kier alpha value is -1.65. The van der Waals surface area contributed by atoms with Gasteiger partial charge in [-0.15, -0.1) is 10.2 Å². The number of nitrogens with two attached hydrogens (primary N) is 1. The molecular formula is C11H12F2N4O2S2. The zero-order chi connectivity index (χ0) is 15.6. The highest BCUT2D eigenvalue weighted by Gasteiger charge is 2.24. The van der Waals surface area contributed by atoms with Gasteiger partial charge in [0, 0.05) is 6.54 Å². The molecule has 0 bridgehead atoms. The lowest BCUT2D eigenvalue weighted by Crippen LogP contribution is -2.16. The van der Waals surface area contributed by atoms with E-state index in [1.807, 2.05) is 6.92 Å². The maximum absolute atomic E-state index is 13.7. The lowest BCUT2D eigenvalue weighted by molar-refractivity contribution is 0.483. The molecule has 0 aliphatic carbocycles. The minimum Gasteiger partial charge on any atom is -0.326 e. The second-order valence-corrected chi connectivity index (χ2v) is 6.77. The highest BCUT2D eigenvalue weighted by Crippen LogP contribution is 2.24. The van der Waals surface area contributed by atoms with Gasteiger partial charge < -0.3 is 5.73 Å². The number of aryl methyl sites for hydroxylation is 1. The number of nitrogens with zero attached hydrogens (tertiary/aromatic N) is 2. The molecule has 0 amide bonds. The average molecular weight is 334 g/mol. The third-order valence-electron chi connectivity index (χ3n) is 2.57. The topological polar surface area (TPSA) is 98.0 Å². The van der Waals surface area contributed by atoms with Crippen molar-refractivity contribution in [3.8, 4) is 0 Å². The lowest BCUT2D eigenvalue weighted by atomic mass is 10.2. The van der Waals surface area contributed by atoms with Gasteiger partial charge in [0.1, 0.15) is 9.90 Å². The number of benzene rings is 1. The second kappa shape index (κ2) is 6.00. The van der Waals surface area contributed by atoms with Crippen LogP contribution in [0.5, 0.6) is 0 Å². The van der Waals surface area contributed by atoms with Gasteiger partial charge in [0.25, 0.3) is 10.0 Å². The largest absolute Gasteiger partial charge is 0.326 e. The van der Waals surface area contributed by atoms with Crippen LogP contribution in [0, 0.1) is 11.6 Å². The molecule has 0 unspecified atom stereocenters. The number of rotatable bonds is 5. The fraction of sp³-hybridized carbons (Fsp3) is 0.273. The first-order valence-corrected chi connectivity index (χ1v) is 8.20. The number of halogens is 2. The average Bonchev–Trinajstić information content (AvgIpc) is 2.88. The molecule has 0 atom stereocenters. The van der Waals surface area contributed by atoms with Crippen molar-refractivity contribution in [3.05, 3.63) is 34.3 Å². The Balaban J connectivity index is 2.41. The summed E-state index contributed by atoms with van der Waals surface area (Å²) < 4.78 is 53.4. The smallest absolute Gasteiger partial charge is 0.266 e. The molecule has 10 heteroatoms. The first kappa shape index (κ1) is 15.7. The Labute approximate surface area is 124 Å². The molecule has 21 heavy (non-hydrogen) atoms. The van der Waals surface area contributed by atoms with Gasteiger partial charge in [-0.25, -0.2) is 17.2 Å². The zero-order valence-corrected chi connectivity index (χ0v) is 12.6. The number of aromatic nitrogens is 2. The molecule has 0 radical (unpaired) electrons. The van der Waals surface area contributed by atoms with E-state index in [1.165, 1.54) is 0 Å². The Bertz CT molecular complexity index is 762. The molecular weight excluding hydrogens is 322 g/mol. The number of hydrogen-bond donors (Lipinski definition) is 2. The summed E-state index contributed by atoms with van der Waals surface area (Å²) in [5.41, 5.74) is 5.50. The SMILES string of the molecule is CCc1nnc(NS(=O)(=O)c2cc(CN)cc(F)c2F)s1. The fourth-order valence-corrected chi connectivity index (χ4v) is 3.59. The third kappa shape index (κ3) is 3.34. The highest BCUT2D eigenvalue weighted by atomic mass is 32.2. The van der Waals surface area contributed by atoms with Gasteiger partial charge >= 0.3 is 0 Å². The summed E-state index contributed by atoms with van der Waals surface area (Å²) in [4.78, 5) is -0.809. The Morgan fingerprint density at radius 1 is 1.33 bits per heavy atom. The Morgan fingerprint density at radius 3 is 2.62 bits per heavy atom. The summed E-state index contributed by atoms with van der Waals surface area (Å²) in [6.45, 7) is 1.72. The van der Waals surface area contributed by atoms with E-state index in [0.717, 1.165) is 23.5 Å². The summed E-state index contributed by atoms with van der Waals surface area (Å²) >= 11 is 1.02. The van der Waals surface area contributed by atoms with Gasteiger partial charge in [0.05, 0.1) is 0 Å². The van der Waals surface area contributed by atoms with Crippen LogP contribution in [0.3, 0.4) is 0 Å². The van der Waals surface area contributed by atoms with E-state index in [2.05, 4.69) is 14.9 Å². The van der Waals surface area contributed by atoms with E-state index in [-0.39, 0.29) is 17.2 Å². The molecule has 0 saturated carbocycles. The minimum absolute atomic E-state index is 0.00944. The van der Waals surface area contributed by atoms with E-state index >= 15 is 0 Å². The molecule has 1 aromatic carbocycles. The summed E-state index contributed by atoms with van der Waals surface area (Å²) in [6.07, 6.45) is 0.588. The van der Waals surface area contributed by atoms with Crippen LogP contribution in [0.4, 0.5) is 13.9 Å². The number of anilines is 1. The standard InChI is InChI=1S/C11H12F2N4O2S2/c1-2-9-15-16-11(20-9)17-21(18,19)8-4-6(5-14)3-7(12)10(8)13/h3-4H,2,5,14H2,1H3,(H,16,17). The molecule has 0 spiro atoms. The molecule has 0 saturated heterocycles. The van der Waals surface area contributed by atoms with Gasteiger partial charge in [-0.1, -0.05) is 18.3 Å². The van der Waals surface area contributed by atoms with Gasteiger partial charge in [-0.3, -0.25) is 4.72 Å². The molecule has 2 aromatic rings. The van der Waals surface area contributed by atoms with Crippen LogP contribution in [-0.2, 0) is 23.0 Å². The summed E-state index contributed by atoms with van der Waals surface area (Å²) in [7, 11) is -4.31. The second-order valence-electron chi connectivity index (χ2n) is 4.05. The van der Waals surface area contributed by atoms with Crippen molar-refractivity contribution in [3.63, 3.8) is 0 Å². The van der Waals surface area contributed by atoms with Crippen molar-refractivity contribution in [1.29, 1.82) is 0 Å². The first-order valence-electron chi connectivity index (χ1n) is 5.90. The molecule has 114 valence electrons. The Kier molecular flexibility index (Phi) is 4.49. The molecule has 1 aromatic heterocycles. The highest BCUT2D eigenvalue weighted by molar-refractivity contribution is 7.93. The number of sulfonamides is 1. The van der Waals surface area contributed by atoms with Crippen molar-refractivity contribution >= 4 is 26.5 Å². The van der Waals surface area contributed by atoms with Crippen molar-refractivity contribution in [2.75, 3.05) is 4.72 Å². The summed E-state index contributed by atoms with van der Waals surface area (Å²) in [5, 5.41) is 7.98. The number of nitrogens with one attached hydrogen (secondary N) is 1. The zero-order valence-electron chi connectivity index (χ0n) is 10.9. The summed E-state index contributed by atoms with van der Waals surface area (Å²) in [6, 6.07) is 1.84. The number of hydrogen-bond acceptors (Lipinski definition) is 6. The van der Waals surface area contributed by atoms with Crippen LogP contribution in [0.1, 0.15) is 17.5 Å². The lowest BCUT2D eigenvalue weighted by Gasteiger charge is -2.08. The van der Waals surface area contributed by atoms with Crippen molar-refractivity contribution in [2.45, 2.75) is 24.8 Å². The van der Waals surface area contributed by atoms with E-state index in [1.54, 1.807) is 0 Å². The van der Waals surface area contributed by atoms with Gasteiger partial charge in [-0.2, -0.15) is 0 Å². The third-order valence-corrected chi connectivity index (χ3v) is 5.02. The van der Waals surface area contributed by atoms with Crippen molar-refractivity contribution in [2.24, 2.45) is 5.73 Å². The predicted octanol–water partition coefficient (Wildman–Crippen LogP) is 1.64. The van der Waals surface area contributed by atoms with E-state index in [9.17, 15) is 17.2 Å². The van der Waals surface area contributed by atoms with Crippen LogP contribution < -0.4 is 10.5 Å². The van der Waals surface area contributed by atoms with E-state index in [0.29, 0.717) is 11.4 Å². The van der Waals surface area contributed by atoms with Crippen LogP contribution in [0.25, 0.3) is 0 Å². The monoisotopic (exact) mass is 334 g/mol. The van der Waals surface area contributed by atoms with Crippen molar-refractivity contribution < 1.29 is 17.2 Å². The fourth-order valence-electron chi connectivity index (χ4n) is 1.54. The van der Waals surface area contributed by atoms with Crippen LogP contribution in [-0.4, -0.2) is 18.6 Å². The van der Waals surface area contributed by atoms with E-state index < -0.39 is 26.6 Å². The molecule has 0 fully saturated rings. The molecule has 2 rings (SSSR count). The molecule has 0 aliphatic heterocycles. The van der Waals surface area contributed by atoms with Gasteiger partial charge in [-0.05, 0) is 24.1 Å². The minimum atomic E-state index is -4.31. The van der Waals surface area contributed by atoms with Gasteiger partial charge in [0.2, 0.25) is 5.13 Å². The van der Waals surface area contributed by atoms with Crippen LogP contribution >= 0.6 is 11.3 Å². The first-order chi connectivity index (χ1) is 9.87.